The number of hydrogen-bond acceptors (Lipinski definition) is 11. The van der Waals surface area contributed by atoms with Crippen molar-refractivity contribution in [3.63, 3.8) is 0 Å². The molecule has 1 heterocycles. The van der Waals surface area contributed by atoms with Crippen molar-refractivity contribution < 1.29 is 50.7 Å². The zero-order valence-electron chi connectivity index (χ0n) is 30.8. The standard InChI is InChI=1S/C43H47IO11/c1-3-40(45)52-23-11-7-5-9-21-50-37-19-17-31-25-35(15-13-33(31)27-37)42(47)54-39-29-49-30-44(39)55-43(48)36-16-14-34-28-38(20-18-32(34)26-36)51-22-10-6-8-12-24-53-41(46)4-2/h3-4,13-20,25-28,39H,1-2,5-12,21-24,29-30H2/t39-/m0/s1. The molecule has 1 aliphatic heterocycles. The zero-order chi connectivity index (χ0) is 38.8. The number of rotatable bonds is 22. The van der Waals surface area contributed by atoms with Crippen LogP contribution in [0.4, 0.5) is 0 Å². The fourth-order valence-corrected chi connectivity index (χ4v) is 9.11. The van der Waals surface area contributed by atoms with Crippen LogP contribution in [0.2, 0.25) is 0 Å². The molecule has 12 heteroatoms. The number of ether oxygens (including phenoxy) is 6. The topological polar surface area (TPSA) is 133 Å². The second kappa shape index (κ2) is 21.8. The van der Waals surface area contributed by atoms with Crippen LogP contribution in [0.1, 0.15) is 72.1 Å². The van der Waals surface area contributed by atoms with Crippen molar-refractivity contribution in [2.75, 3.05) is 37.6 Å². The Hall–Kier alpha value is -4.95. The zero-order valence-corrected chi connectivity index (χ0v) is 33.0. The van der Waals surface area contributed by atoms with Crippen molar-refractivity contribution in [1.82, 2.24) is 0 Å². The molecule has 0 N–H and O–H groups in total. The first-order chi connectivity index (χ1) is 26.8. The number of halogens is 1. The Balaban J connectivity index is 1.04. The van der Waals surface area contributed by atoms with Gasteiger partial charge in [-0.25, -0.2) is 9.59 Å². The summed E-state index contributed by atoms with van der Waals surface area (Å²) in [4.78, 5) is 48.6. The summed E-state index contributed by atoms with van der Waals surface area (Å²) >= 11 is -2.60. The molecule has 1 atom stereocenters. The van der Waals surface area contributed by atoms with E-state index in [0.717, 1.165) is 96.6 Å². The number of alkyl halides is 2. The van der Waals surface area contributed by atoms with Gasteiger partial charge in [-0.1, -0.05) is 13.2 Å². The van der Waals surface area contributed by atoms with Crippen molar-refractivity contribution in [2.24, 2.45) is 0 Å². The minimum atomic E-state index is -2.60. The normalized spacial score (nSPS) is 14.3. The van der Waals surface area contributed by atoms with E-state index in [-0.39, 0.29) is 11.2 Å². The molecule has 1 fully saturated rings. The van der Waals surface area contributed by atoms with Crippen LogP contribution in [0.25, 0.3) is 21.5 Å². The van der Waals surface area contributed by atoms with Gasteiger partial charge in [-0.3, -0.25) is 0 Å². The van der Waals surface area contributed by atoms with Crippen LogP contribution in [0.15, 0.2) is 98.1 Å². The predicted octanol–water partition coefficient (Wildman–Crippen LogP) is 9.08. The Morgan fingerprint density at radius 1 is 0.600 bits per heavy atom. The number of unbranched alkanes of at least 4 members (excludes halogenated alkanes) is 6. The van der Waals surface area contributed by atoms with Crippen LogP contribution in [0, 0.1) is 0 Å². The van der Waals surface area contributed by atoms with Crippen molar-refractivity contribution in [1.29, 1.82) is 0 Å². The predicted molar refractivity (Wildman–Crippen MR) is 218 cm³/mol. The van der Waals surface area contributed by atoms with Crippen LogP contribution in [0.3, 0.4) is 0 Å². The minimum absolute atomic E-state index is 0.187. The fraction of sp³-hybridized carbons (Fsp3) is 0.349. The second-order valence-electron chi connectivity index (χ2n) is 12.7. The number of carbonyl (C=O) groups is 4. The van der Waals surface area contributed by atoms with Gasteiger partial charge in [-0.05, 0) is 32.1 Å². The number of carbonyl (C=O) groups excluding carboxylic acids is 4. The second-order valence-corrected chi connectivity index (χ2v) is 17.2. The number of fused-ring (bicyclic) bond motifs is 2. The molecule has 5 rings (SSSR count). The molecular weight excluding hydrogens is 819 g/mol. The molecule has 0 radical (unpaired) electrons. The fourth-order valence-electron chi connectivity index (χ4n) is 5.67. The number of benzene rings is 4. The van der Waals surface area contributed by atoms with Gasteiger partial charge in [0.25, 0.3) is 0 Å². The Morgan fingerprint density at radius 3 is 1.56 bits per heavy atom. The van der Waals surface area contributed by atoms with Gasteiger partial charge in [0.15, 0.2) is 0 Å². The molecule has 0 aliphatic carbocycles. The Bertz CT molecular complexity index is 1820. The molecule has 11 nitrogen and oxygen atoms in total. The van der Waals surface area contributed by atoms with E-state index in [4.69, 9.17) is 31.5 Å². The van der Waals surface area contributed by atoms with Gasteiger partial charge in [-0.15, -0.1) is 0 Å². The molecule has 1 saturated heterocycles. The van der Waals surface area contributed by atoms with Crippen LogP contribution in [-0.2, 0) is 31.6 Å². The van der Waals surface area contributed by atoms with Crippen molar-refractivity contribution >= 4 is 65.7 Å². The third kappa shape index (κ3) is 13.1. The summed E-state index contributed by atoms with van der Waals surface area (Å²) in [7, 11) is 0. The average Bonchev–Trinajstić information content (AvgIpc) is 3.64. The van der Waals surface area contributed by atoms with E-state index in [0.29, 0.717) is 37.6 Å². The molecule has 0 bridgehead atoms. The van der Waals surface area contributed by atoms with Crippen molar-refractivity contribution in [3.05, 3.63) is 109 Å². The summed E-state index contributed by atoms with van der Waals surface area (Å²) in [6, 6.07) is 22.2. The molecule has 0 saturated carbocycles. The van der Waals surface area contributed by atoms with E-state index in [1.807, 2.05) is 48.5 Å². The first-order valence-corrected chi connectivity index (χ1v) is 22.1. The summed E-state index contributed by atoms with van der Waals surface area (Å²) in [5, 5.41) is 3.60. The first-order valence-electron chi connectivity index (χ1n) is 18.4. The quantitative estimate of drug-likeness (QED) is 0.0187. The number of esters is 3. The van der Waals surface area contributed by atoms with Gasteiger partial charge in [0.2, 0.25) is 0 Å². The SMILES string of the molecule is C=CC(=O)OCCCCCCOc1ccc2cc(C(=O)O[C@H]3COCI3OC(=O)c3ccc4cc(OCCCCCCOC(=O)C=C)ccc4c3)ccc2c1. The van der Waals surface area contributed by atoms with Crippen LogP contribution >= 0.6 is 20.2 Å². The van der Waals surface area contributed by atoms with E-state index < -0.39 is 48.2 Å². The molecule has 1 aliphatic rings. The molecule has 4 aromatic carbocycles. The average molecular weight is 867 g/mol. The summed E-state index contributed by atoms with van der Waals surface area (Å²) in [6.07, 6.45) is 9.50. The van der Waals surface area contributed by atoms with Gasteiger partial charge in [0.1, 0.15) is 0 Å². The summed E-state index contributed by atoms with van der Waals surface area (Å²) in [5.41, 5.74) is 0.812. The Kier molecular flexibility index (Phi) is 16.3. The van der Waals surface area contributed by atoms with Gasteiger partial charge in [-0.2, -0.15) is 0 Å². The van der Waals surface area contributed by atoms with E-state index in [9.17, 15) is 19.2 Å². The van der Waals surface area contributed by atoms with Gasteiger partial charge in [0.05, 0.1) is 13.2 Å². The van der Waals surface area contributed by atoms with E-state index >= 15 is 0 Å². The third-order valence-corrected chi connectivity index (χ3v) is 12.8. The van der Waals surface area contributed by atoms with Crippen molar-refractivity contribution in [3.8, 4) is 11.5 Å². The summed E-state index contributed by atoms with van der Waals surface area (Å²) < 4.78 is 38.9. The maximum absolute atomic E-state index is 13.2. The van der Waals surface area contributed by atoms with Gasteiger partial charge >= 0.3 is 240 Å². The summed E-state index contributed by atoms with van der Waals surface area (Å²) in [5.74, 6) is -0.264. The molecule has 0 unspecified atom stereocenters. The molecule has 0 aromatic heterocycles. The van der Waals surface area contributed by atoms with Crippen LogP contribution < -0.4 is 9.47 Å². The van der Waals surface area contributed by atoms with Gasteiger partial charge in [0, 0.05) is 12.2 Å². The van der Waals surface area contributed by atoms with E-state index in [1.165, 1.54) is 0 Å². The van der Waals surface area contributed by atoms with Crippen LogP contribution in [-0.4, -0.2) is 65.6 Å². The Labute approximate surface area is 328 Å². The molecule has 0 amide bonds. The summed E-state index contributed by atoms with van der Waals surface area (Å²) in [6.45, 7) is 8.88. The maximum atomic E-state index is 13.2. The number of hydrogen-bond donors (Lipinski definition) is 0. The molecule has 0 spiro atoms. The first kappa shape index (κ1) is 41.2. The monoisotopic (exact) mass is 866 g/mol. The molecular formula is C43H47IO11. The Morgan fingerprint density at radius 2 is 1.05 bits per heavy atom. The molecule has 292 valence electrons. The van der Waals surface area contributed by atoms with E-state index in [1.54, 1.807) is 24.3 Å². The third-order valence-electron chi connectivity index (χ3n) is 8.64. The van der Waals surface area contributed by atoms with E-state index in [2.05, 4.69) is 13.2 Å². The molecule has 55 heavy (non-hydrogen) atoms. The van der Waals surface area contributed by atoms with Gasteiger partial charge < -0.3 is 9.47 Å². The van der Waals surface area contributed by atoms with Crippen molar-refractivity contribution in [2.45, 2.75) is 55.5 Å². The molecule has 4 aromatic rings. The van der Waals surface area contributed by atoms with Crippen LogP contribution in [0.5, 0.6) is 11.5 Å².